The van der Waals surface area contributed by atoms with E-state index in [4.69, 9.17) is 17.0 Å². The second-order valence-electron chi connectivity index (χ2n) is 8.39. The first-order chi connectivity index (χ1) is 16.1. The van der Waals surface area contributed by atoms with Gasteiger partial charge in [-0.3, -0.25) is 4.98 Å². The van der Waals surface area contributed by atoms with Gasteiger partial charge in [-0.05, 0) is 86.2 Å². The lowest BCUT2D eigenvalue weighted by Gasteiger charge is -2.27. The number of hydrogen-bond acceptors (Lipinski definition) is 3. The van der Waals surface area contributed by atoms with E-state index in [1.54, 1.807) is 0 Å². The fraction of sp³-hybridized carbons (Fsp3) is 0.185. The Morgan fingerprint density at radius 3 is 2.30 bits per heavy atom. The zero-order chi connectivity index (χ0) is 22.8. The molecule has 4 aromatic rings. The first kappa shape index (κ1) is 21.2. The number of pyridine rings is 1. The maximum absolute atomic E-state index is 5.97. The molecule has 33 heavy (non-hydrogen) atoms. The predicted molar refractivity (Wildman–Crippen MR) is 136 cm³/mol. The number of hydrogen-bond donors (Lipinski definition) is 1. The van der Waals surface area contributed by atoms with Crippen molar-refractivity contribution in [1.29, 1.82) is 0 Å². The van der Waals surface area contributed by atoms with E-state index >= 15 is 0 Å². The minimum atomic E-state index is -0.0537. The quantitative estimate of drug-likeness (QED) is 0.340. The van der Waals surface area contributed by atoms with Crippen LogP contribution in [0.4, 0.5) is 5.69 Å². The highest BCUT2D eigenvalue weighted by molar-refractivity contribution is 7.80. The molecule has 2 atom stereocenters. The summed E-state index contributed by atoms with van der Waals surface area (Å²) < 4.78 is 8.20. The van der Waals surface area contributed by atoms with E-state index in [9.17, 15) is 0 Å². The number of nitrogens with one attached hydrogen (secondary N) is 1. The van der Waals surface area contributed by atoms with Crippen LogP contribution in [0.5, 0.6) is 11.5 Å². The van der Waals surface area contributed by atoms with Gasteiger partial charge in [0.15, 0.2) is 5.11 Å². The molecule has 3 heterocycles. The average Bonchev–Trinajstić information content (AvgIpc) is 3.46. The van der Waals surface area contributed by atoms with Crippen molar-refractivity contribution in [3.05, 3.63) is 109 Å². The topological polar surface area (TPSA) is 42.3 Å². The molecule has 0 unspecified atom stereocenters. The van der Waals surface area contributed by atoms with Gasteiger partial charge in [-0.25, -0.2) is 0 Å². The van der Waals surface area contributed by atoms with Crippen LogP contribution in [0.3, 0.4) is 0 Å². The molecule has 2 aromatic heterocycles. The first-order valence-electron chi connectivity index (χ1n) is 11.1. The summed E-state index contributed by atoms with van der Waals surface area (Å²) in [5.41, 5.74) is 3.17. The summed E-state index contributed by atoms with van der Waals surface area (Å²) in [6.07, 6.45) is 6.17. The van der Waals surface area contributed by atoms with Gasteiger partial charge in [-0.1, -0.05) is 24.3 Å². The Kier molecular flexibility index (Phi) is 5.84. The summed E-state index contributed by atoms with van der Waals surface area (Å²) in [7, 11) is 0. The van der Waals surface area contributed by atoms with Gasteiger partial charge in [-0.15, -0.1) is 0 Å². The standard InChI is InChI=1S/C27H26N4OS/c1-19(2)30-17-15-20(18-30)26-25(24-10-6-7-16-28-24)29-27(33)31(26)21-11-13-23(14-12-21)32-22-8-4-3-5-9-22/h3-19,25-26H,1-2H3,(H,29,33)/t25-,26+/m1/s1. The second kappa shape index (κ2) is 9.08. The average molecular weight is 455 g/mol. The third kappa shape index (κ3) is 4.34. The lowest BCUT2D eigenvalue weighted by Crippen LogP contribution is -2.29. The van der Waals surface area contributed by atoms with Crippen LogP contribution in [0, 0.1) is 0 Å². The Morgan fingerprint density at radius 1 is 0.909 bits per heavy atom. The molecule has 5 nitrogen and oxygen atoms in total. The summed E-state index contributed by atoms with van der Waals surface area (Å²) in [4.78, 5) is 6.81. The van der Waals surface area contributed by atoms with Crippen molar-refractivity contribution in [2.75, 3.05) is 4.90 Å². The molecule has 1 aliphatic heterocycles. The highest BCUT2D eigenvalue weighted by atomic mass is 32.1. The van der Waals surface area contributed by atoms with Crippen LogP contribution in [0.15, 0.2) is 97.5 Å². The number of para-hydroxylation sites is 1. The van der Waals surface area contributed by atoms with Gasteiger partial charge in [0.1, 0.15) is 11.5 Å². The van der Waals surface area contributed by atoms with Crippen LogP contribution in [0.2, 0.25) is 0 Å². The lowest BCUT2D eigenvalue weighted by molar-refractivity contribution is 0.482. The fourth-order valence-electron chi connectivity index (χ4n) is 4.20. The molecule has 1 fully saturated rings. The van der Waals surface area contributed by atoms with Gasteiger partial charge in [0, 0.05) is 30.3 Å². The molecule has 166 valence electrons. The lowest BCUT2D eigenvalue weighted by atomic mass is 9.98. The third-order valence-electron chi connectivity index (χ3n) is 5.87. The Morgan fingerprint density at radius 2 is 1.64 bits per heavy atom. The normalized spacial score (nSPS) is 17.9. The number of ether oxygens (including phenoxy) is 1. The molecule has 1 N–H and O–H groups in total. The van der Waals surface area contributed by atoms with E-state index in [0.717, 1.165) is 22.9 Å². The smallest absolute Gasteiger partial charge is 0.174 e. The number of rotatable bonds is 6. The van der Waals surface area contributed by atoms with E-state index in [-0.39, 0.29) is 12.1 Å². The Bertz CT molecular complexity index is 1220. The van der Waals surface area contributed by atoms with Gasteiger partial charge in [0.05, 0.1) is 17.8 Å². The highest BCUT2D eigenvalue weighted by Crippen LogP contribution is 2.42. The molecule has 1 saturated heterocycles. The zero-order valence-electron chi connectivity index (χ0n) is 18.6. The van der Waals surface area contributed by atoms with Gasteiger partial charge in [-0.2, -0.15) is 0 Å². The van der Waals surface area contributed by atoms with E-state index < -0.39 is 0 Å². The number of aromatic nitrogens is 2. The van der Waals surface area contributed by atoms with Gasteiger partial charge < -0.3 is 19.5 Å². The summed E-state index contributed by atoms with van der Waals surface area (Å²) >= 11 is 5.82. The second-order valence-corrected chi connectivity index (χ2v) is 8.78. The summed E-state index contributed by atoms with van der Waals surface area (Å²) in [5.74, 6) is 1.60. The van der Waals surface area contributed by atoms with Crippen molar-refractivity contribution in [2.45, 2.75) is 32.0 Å². The summed E-state index contributed by atoms with van der Waals surface area (Å²) in [6.45, 7) is 4.36. The fourth-order valence-corrected chi connectivity index (χ4v) is 4.54. The number of benzene rings is 2. The Labute approximate surface area is 199 Å². The largest absolute Gasteiger partial charge is 0.457 e. The zero-order valence-corrected chi connectivity index (χ0v) is 19.4. The first-order valence-corrected chi connectivity index (χ1v) is 11.5. The van der Waals surface area contributed by atoms with Crippen molar-refractivity contribution >= 4 is 23.0 Å². The van der Waals surface area contributed by atoms with Crippen molar-refractivity contribution < 1.29 is 4.74 Å². The molecule has 0 aliphatic carbocycles. The molecule has 6 heteroatoms. The SMILES string of the molecule is CC(C)n1ccc([C@H]2[C@@H](c3ccccn3)NC(=S)N2c2ccc(Oc3ccccc3)cc2)c1. The monoisotopic (exact) mass is 454 g/mol. The maximum atomic E-state index is 5.97. The van der Waals surface area contributed by atoms with Crippen LogP contribution in [-0.4, -0.2) is 14.7 Å². The summed E-state index contributed by atoms with van der Waals surface area (Å²) in [6, 6.07) is 26.3. The Hall–Kier alpha value is -3.64. The minimum Gasteiger partial charge on any atom is -0.457 e. The molecular weight excluding hydrogens is 428 g/mol. The van der Waals surface area contributed by atoms with Crippen molar-refractivity contribution in [3.63, 3.8) is 0 Å². The van der Waals surface area contributed by atoms with Gasteiger partial charge in [0.2, 0.25) is 0 Å². The molecule has 0 bridgehead atoms. The van der Waals surface area contributed by atoms with E-state index in [0.29, 0.717) is 11.2 Å². The van der Waals surface area contributed by atoms with Gasteiger partial charge >= 0.3 is 0 Å². The maximum Gasteiger partial charge on any atom is 0.174 e. The molecule has 1 aliphatic rings. The third-order valence-corrected chi connectivity index (χ3v) is 6.18. The van der Waals surface area contributed by atoms with Crippen LogP contribution < -0.4 is 15.0 Å². The minimum absolute atomic E-state index is 0.0201. The van der Waals surface area contributed by atoms with Gasteiger partial charge in [0.25, 0.3) is 0 Å². The molecule has 0 spiro atoms. The predicted octanol–water partition coefficient (Wildman–Crippen LogP) is 6.43. The van der Waals surface area contributed by atoms with Crippen molar-refractivity contribution in [2.24, 2.45) is 0 Å². The van der Waals surface area contributed by atoms with Crippen LogP contribution in [-0.2, 0) is 0 Å². The molecule has 5 rings (SSSR count). The number of thiocarbonyl (C=S) groups is 1. The van der Waals surface area contributed by atoms with E-state index in [1.807, 2.05) is 66.9 Å². The Balaban J connectivity index is 1.49. The molecule has 0 saturated carbocycles. The summed E-state index contributed by atoms with van der Waals surface area (Å²) in [5, 5.41) is 4.20. The number of anilines is 1. The molecule has 0 radical (unpaired) electrons. The molecule has 0 amide bonds. The number of nitrogens with zero attached hydrogens (tertiary/aromatic N) is 3. The highest BCUT2D eigenvalue weighted by Gasteiger charge is 2.41. The van der Waals surface area contributed by atoms with Crippen molar-refractivity contribution in [3.8, 4) is 11.5 Å². The van der Waals surface area contributed by atoms with Crippen molar-refractivity contribution in [1.82, 2.24) is 14.9 Å². The molecule has 2 aromatic carbocycles. The van der Waals surface area contributed by atoms with Crippen LogP contribution in [0.25, 0.3) is 0 Å². The van der Waals surface area contributed by atoms with Crippen LogP contribution in [0.1, 0.15) is 43.2 Å². The van der Waals surface area contributed by atoms with E-state index in [1.165, 1.54) is 5.56 Å². The molecular formula is C27H26N4OS. The van der Waals surface area contributed by atoms with E-state index in [2.05, 4.69) is 64.2 Å². The van der Waals surface area contributed by atoms with Crippen LogP contribution >= 0.6 is 12.2 Å².